The number of carbonyl (C=O) groups excluding carboxylic acids is 1. The van der Waals surface area contributed by atoms with Gasteiger partial charge in [0, 0.05) is 28.9 Å². The van der Waals surface area contributed by atoms with Crippen LogP contribution in [-0.4, -0.2) is 23.0 Å². The van der Waals surface area contributed by atoms with E-state index in [1.165, 1.54) is 11.3 Å². The van der Waals surface area contributed by atoms with Crippen molar-refractivity contribution in [3.05, 3.63) is 58.1 Å². The number of rotatable bonds is 4. The molecule has 0 aliphatic heterocycles. The summed E-state index contributed by atoms with van der Waals surface area (Å²) in [7, 11) is 1.62. The van der Waals surface area contributed by atoms with E-state index < -0.39 is 0 Å². The fourth-order valence-corrected chi connectivity index (χ4v) is 3.08. The number of hydrogen-bond donors (Lipinski definition) is 1. The van der Waals surface area contributed by atoms with E-state index in [2.05, 4.69) is 31.2 Å². The molecular formula is C16H12BrN3O2S. The average Bonchev–Trinajstić information content (AvgIpc) is 3.04. The number of methoxy groups -OCH3 is 1. The maximum Gasteiger partial charge on any atom is 0.257 e. The fourth-order valence-electron chi connectivity index (χ4n) is 1.96. The molecule has 0 spiro atoms. The lowest BCUT2D eigenvalue weighted by atomic mass is 10.2. The van der Waals surface area contributed by atoms with E-state index >= 15 is 0 Å². The van der Waals surface area contributed by atoms with Crippen LogP contribution >= 0.6 is 27.3 Å². The van der Waals surface area contributed by atoms with Gasteiger partial charge in [0.2, 0.25) is 0 Å². The van der Waals surface area contributed by atoms with E-state index in [0.29, 0.717) is 10.7 Å². The minimum atomic E-state index is -0.207. The van der Waals surface area contributed by atoms with Crippen LogP contribution in [0.1, 0.15) is 10.4 Å². The first kappa shape index (κ1) is 15.6. The van der Waals surface area contributed by atoms with E-state index in [0.717, 1.165) is 21.5 Å². The van der Waals surface area contributed by atoms with Crippen molar-refractivity contribution in [3.8, 4) is 17.0 Å². The zero-order chi connectivity index (χ0) is 16.2. The number of ether oxygens (including phenoxy) is 1. The molecule has 23 heavy (non-hydrogen) atoms. The Morgan fingerprint density at radius 3 is 2.78 bits per heavy atom. The van der Waals surface area contributed by atoms with Gasteiger partial charge in [-0.2, -0.15) is 0 Å². The normalized spacial score (nSPS) is 10.3. The van der Waals surface area contributed by atoms with Gasteiger partial charge in [0.1, 0.15) is 5.75 Å². The molecule has 2 heterocycles. The van der Waals surface area contributed by atoms with Crippen LogP contribution in [0.3, 0.4) is 0 Å². The van der Waals surface area contributed by atoms with Crippen molar-refractivity contribution in [1.82, 2.24) is 9.97 Å². The fraction of sp³-hybridized carbons (Fsp3) is 0.0625. The Balaban J connectivity index is 1.79. The molecular weight excluding hydrogens is 378 g/mol. The number of nitrogens with zero attached hydrogens (tertiary/aromatic N) is 2. The number of thiazole rings is 1. The van der Waals surface area contributed by atoms with E-state index in [1.807, 2.05) is 23.6 Å². The standard InChI is InChI=1S/C16H12BrN3O2S/c1-22-14-8-11(2-3-12(14)17)13-9-23-16(19-13)20-15(21)10-4-6-18-7-5-10/h2-9H,1H3,(H,19,20,21). The second-order valence-electron chi connectivity index (χ2n) is 4.58. The summed E-state index contributed by atoms with van der Waals surface area (Å²) in [6.45, 7) is 0. The van der Waals surface area contributed by atoms with E-state index in [9.17, 15) is 4.79 Å². The predicted molar refractivity (Wildman–Crippen MR) is 94.0 cm³/mol. The quantitative estimate of drug-likeness (QED) is 0.724. The number of hydrogen-bond acceptors (Lipinski definition) is 5. The monoisotopic (exact) mass is 389 g/mol. The summed E-state index contributed by atoms with van der Waals surface area (Å²) in [4.78, 5) is 20.5. The van der Waals surface area contributed by atoms with Crippen molar-refractivity contribution in [2.75, 3.05) is 12.4 Å². The molecule has 0 radical (unpaired) electrons. The average molecular weight is 390 g/mol. The molecule has 1 aromatic carbocycles. The maximum atomic E-state index is 12.1. The first-order valence-electron chi connectivity index (χ1n) is 6.68. The molecule has 7 heteroatoms. The number of benzene rings is 1. The summed E-state index contributed by atoms with van der Waals surface area (Å²) < 4.78 is 6.17. The highest BCUT2D eigenvalue weighted by Gasteiger charge is 2.11. The number of anilines is 1. The van der Waals surface area contributed by atoms with Crippen molar-refractivity contribution in [2.24, 2.45) is 0 Å². The van der Waals surface area contributed by atoms with Gasteiger partial charge < -0.3 is 4.74 Å². The van der Waals surface area contributed by atoms with Gasteiger partial charge in [-0.1, -0.05) is 6.07 Å². The van der Waals surface area contributed by atoms with Gasteiger partial charge in [0.25, 0.3) is 5.91 Å². The lowest BCUT2D eigenvalue weighted by molar-refractivity contribution is 0.102. The van der Waals surface area contributed by atoms with Crippen LogP contribution in [0.4, 0.5) is 5.13 Å². The van der Waals surface area contributed by atoms with Gasteiger partial charge in [0.05, 0.1) is 17.3 Å². The Labute approximate surface area is 145 Å². The first-order valence-corrected chi connectivity index (χ1v) is 8.35. The summed E-state index contributed by atoms with van der Waals surface area (Å²) in [5, 5.41) is 5.23. The van der Waals surface area contributed by atoms with Crippen molar-refractivity contribution in [3.63, 3.8) is 0 Å². The molecule has 0 unspecified atom stereocenters. The van der Waals surface area contributed by atoms with Crippen LogP contribution < -0.4 is 10.1 Å². The Hall–Kier alpha value is -2.25. The Bertz CT molecular complexity index is 836. The number of aromatic nitrogens is 2. The zero-order valence-corrected chi connectivity index (χ0v) is 14.5. The summed E-state index contributed by atoms with van der Waals surface area (Å²) in [6, 6.07) is 9.05. The molecule has 0 aliphatic rings. The van der Waals surface area contributed by atoms with E-state index in [1.54, 1.807) is 31.6 Å². The number of pyridine rings is 1. The molecule has 3 rings (SSSR count). The third-order valence-corrected chi connectivity index (χ3v) is 4.53. The Morgan fingerprint density at radius 1 is 1.26 bits per heavy atom. The number of nitrogens with one attached hydrogen (secondary N) is 1. The number of halogens is 1. The number of amides is 1. The molecule has 3 aromatic rings. The maximum absolute atomic E-state index is 12.1. The summed E-state index contributed by atoms with van der Waals surface area (Å²) in [5.41, 5.74) is 2.25. The highest BCUT2D eigenvalue weighted by atomic mass is 79.9. The highest BCUT2D eigenvalue weighted by molar-refractivity contribution is 9.10. The van der Waals surface area contributed by atoms with Gasteiger partial charge in [-0.3, -0.25) is 15.1 Å². The van der Waals surface area contributed by atoms with Crippen molar-refractivity contribution < 1.29 is 9.53 Å². The summed E-state index contributed by atoms with van der Waals surface area (Å²) in [5.74, 6) is 0.527. The third kappa shape index (κ3) is 3.57. The van der Waals surface area contributed by atoms with Crippen LogP contribution in [0.2, 0.25) is 0 Å². The van der Waals surface area contributed by atoms with Crippen LogP contribution in [0.15, 0.2) is 52.6 Å². The van der Waals surface area contributed by atoms with Crippen LogP contribution in [0.5, 0.6) is 5.75 Å². The van der Waals surface area contributed by atoms with Crippen LogP contribution in [-0.2, 0) is 0 Å². The first-order chi connectivity index (χ1) is 11.2. The van der Waals surface area contributed by atoms with Crippen molar-refractivity contribution in [1.29, 1.82) is 0 Å². The van der Waals surface area contributed by atoms with Crippen LogP contribution in [0, 0.1) is 0 Å². The van der Waals surface area contributed by atoms with Gasteiger partial charge in [-0.05, 0) is 40.2 Å². The summed E-state index contributed by atoms with van der Waals surface area (Å²) >= 11 is 4.80. The minimum absolute atomic E-state index is 0.207. The minimum Gasteiger partial charge on any atom is -0.496 e. The molecule has 0 bridgehead atoms. The largest absolute Gasteiger partial charge is 0.496 e. The topological polar surface area (TPSA) is 64.1 Å². The van der Waals surface area contributed by atoms with E-state index in [-0.39, 0.29) is 5.91 Å². The second kappa shape index (κ2) is 6.89. The molecule has 1 amide bonds. The zero-order valence-electron chi connectivity index (χ0n) is 12.1. The lowest BCUT2D eigenvalue weighted by Crippen LogP contribution is -2.11. The number of carbonyl (C=O) groups is 1. The second-order valence-corrected chi connectivity index (χ2v) is 6.29. The third-order valence-electron chi connectivity index (χ3n) is 3.11. The molecule has 2 aromatic heterocycles. The molecule has 0 fully saturated rings. The van der Waals surface area contributed by atoms with Crippen molar-refractivity contribution >= 4 is 38.3 Å². The molecule has 0 saturated carbocycles. The van der Waals surface area contributed by atoms with Gasteiger partial charge in [0.15, 0.2) is 5.13 Å². The Kier molecular flexibility index (Phi) is 4.68. The van der Waals surface area contributed by atoms with E-state index in [4.69, 9.17) is 4.74 Å². The predicted octanol–water partition coefficient (Wildman–Crippen LogP) is 4.23. The molecule has 0 atom stereocenters. The van der Waals surface area contributed by atoms with Gasteiger partial charge >= 0.3 is 0 Å². The Morgan fingerprint density at radius 2 is 2.04 bits per heavy atom. The lowest BCUT2D eigenvalue weighted by Gasteiger charge is -2.05. The molecule has 0 saturated heterocycles. The molecule has 0 aliphatic carbocycles. The summed E-state index contributed by atoms with van der Waals surface area (Å²) in [6.07, 6.45) is 3.16. The molecule has 5 nitrogen and oxygen atoms in total. The van der Waals surface area contributed by atoms with Crippen molar-refractivity contribution in [2.45, 2.75) is 0 Å². The SMILES string of the molecule is COc1cc(-c2csc(NC(=O)c3ccncc3)n2)ccc1Br. The highest BCUT2D eigenvalue weighted by Crippen LogP contribution is 2.32. The van der Waals surface area contributed by atoms with Gasteiger partial charge in [-0.15, -0.1) is 11.3 Å². The molecule has 116 valence electrons. The molecule has 1 N–H and O–H groups in total. The smallest absolute Gasteiger partial charge is 0.257 e. The van der Waals surface area contributed by atoms with Crippen LogP contribution in [0.25, 0.3) is 11.3 Å². The van der Waals surface area contributed by atoms with Gasteiger partial charge in [-0.25, -0.2) is 4.98 Å².